The summed E-state index contributed by atoms with van der Waals surface area (Å²) in [7, 11) is -3.95. The summed E-state index contributed by atoms with van der Waals surface area (Å²) in [6, 6.07) is 2.69. The maximum Gasteiger partial charge on any atom is 0.319 e. The highest BCUT2D eigenvalue weighted by Crippen LogP contribution is 2.20. The fourth-order valence-electron chi connectivity index (χ4n) is 1.35. The number of rotatable bonds is 3. The lowest BCUT2D eigenvalue weighted by atomic mass is 10.3. The van der Waals surface area contributed by atoms with Gasteiger partial charge in [0.2, 0.25) is 10.0 Å². The molecule has 2 amide bonds. The monoisotopic (exact) mass is 273 g/mol. The first-order valence-corrected chi connectivity index (χ1v) is 6.81. The van der Waals surface area contributed by atoms with Crippen LogP contribution >= 0.6 is 0 Å². The van der Waals surface area contributed by atoms with Gasteiger partial charge in [-0.25, -0.2) is 22.7 Å². The summed E-state index contributed by atoms with van der Waals surface area (Å²) in [5, 5.41) is 9.77. The first kappa shape index (κ1) is 12.8. The number of primary sulfonamides is 1. The SMILES string of the molecule is NS(=O)(=O)c1ccc(NC(=O)NC2CC2)c(F)c1. The molecule has 0 atom stereocenters. The molecule has 18 heavy (non-hydrogen) atoms. The van der Waals surface area contributed by atoms with Crippen molar-refractivity contribution in [3.8, 4) is 0 Å². The van der Waals surface area contributed by atoms with E-state index in [0.717, 1.165) is 31.0 Å². The molecule has 1 fully saturated rings. The van der Waals surface area contributed by atoms with E-state index in [1.807, 2.05) is 0 Å². The van der Waals surface area contributed by atoms with Crippen LogP contribution in [0.5, 0.6) is 0 Å². The Balaban J connectivity index is 2.11. The van der Waals surface area contributed by atoms with Crippen LogP contribution in [0.2, 0.25) is 0 Å². The van der Waals surface area contributed by atoms with Crippen LogP contribution in [0, 0.1) is 5.82 Å². The molecular weight excluding hydrogens is 261 g/mol. The van der Waals surface area contributed by atoms with Gasteiger partial charge in [-0.05, 0) is 31.0 Å². The molecule has 8 heteroatoms. The Bertz CT molecular complexity index is 584. The molecule has 0 bridgehead atoms. The van der Waals surface area contributed by atoms with E-state index in [-0.39, 0.29) is 16.6 Å². The van der Waals surface area contributed by atoms with Gasteiger partial charge in [-0.2, -0.15) is 0 Å². The fourth-order valence-corrected chi connectivity index (χ4v) is 1.87. The Kier molecular flexibility index (Phi) is 3.22. The van der Waals surface area contributed by atoms with E-state index in [4.69, 9.17) is 5.14 Å². The van der Waals surface area contributed by atoms with E-state index in [9.17, 15) is 17.6 Å². The lowest BCUT2D eigenvalue weighted by Gasteiger charge is -2.08. The van der Waals surface area contributed by atoms with Gasteiger partial charge in [0, 0.05) is 6.04 Å². The smallest absolute Gasteiger partial charge is 0.319 e. The predicted octanol–water partition coefficient (Wildman–Crippen LogP) is 0.757. The van der Waals surface area contributed by atoms with Gasteiger partial charge >= 0.3 is 6.03 Å². The second kappa shape index (κ2) is 4.54. The molecule has 1 aromatic carbocycles. The molecule has 0 heterocycles. The highest BCUT2D eigenvalue weighted by Gasteiger charge is 2.23. The minimum absolute atomic E-state index is 0.0967. The Morgan fingerprint density at radius 3 is 2.56 bits per heavy atom. The third-order valence-electron chi connectivity index (χ3n) is 2.43. The van der Waals surface area contributed by atoms with Crippen molar-refractivity contribution in [3.05, 3.63) is 24.0 Å². The van der Waals surface area contributed by atoms with Crippen LogP contribution in [0.4, 0.5) is 14.9 Å². The van der Waals surface area contributed by atoms with E-state index >= 15 is 0 Å². The molecule has 2 rings (SSSR count). The van der Waals surface area contributed by atoms with Crippen molar-refractivity contribution in [2.24, 2.45) is 5.14 Å². The Hall–Kier alpha value is -1.67. The zero-order chi connectivity index (χ0) is 13.3. The fraction of sp³-hybridized carbons (Fsp3) is 0.300. The maximum absolute atomic E-state index is 13.5. The second-order valence-electron chi connectivity index (χ2n) is 4.06. The number of carbonyl (C=O) groups is 1. The Morgan fingerprint density at radius 2 is 2.06 bits per heavy atom. The van der Waals surface area contributed by atoms with Crippen molar-refractivity contribution >= 4 is 21.7 Å². The average Bonchev–Trinajstić information content (AvgIpc) is 3.03. The molecule has 4 N–H and O–H groups in total. The average molecular weight is 273 g/mol. The normalized spacial score (nSPS) is 15.2. The van der Waals surface area contributed by atoms with Gasteiger partial charge in [-0.15, -0.1) is 0 Å². The van der Waals surface area contributed by atoms with E-state index in [0.29, 0.717) is 0 Å². The Morgan fingerprint density at radius 1 is 1.39 bits per heavy atom. The number of halogens is 1. The van der Waals surface area contributed by atoms with Gasteiger partial charge in [0.05, 0.1) is 10.6 Å². The van der Waals surface area contributed by atoms with Crippen LogP contribution in [0.25, 0.3) is 0 Å². The molecule has 1 saturated carbocycles. The predicted molar refractivity (Wildman–Crippen MR) is 62.9 cm³/mol. The summed E-state index contributed by atoms with van der Waals surface area (Å²) in [6.45, 7) is 0. The number of benzene rings is 1. The van der Waals surface area contributed by atoms with Crippen molar-refractivity contribution in [2.45, 2.75) is 23.8 Å². The molecule has 0 aliphatic heterocycles. The third kappa shape index (κ3) is 3.17. The van der Waals surface area contributed by atoms with Crippen LogP contribution < -0.4 is 15.8 Å². The van der Waals surface area contributed by atoms with Gasteiger partial charge in [0.15, 0.2) is 0 Å². The van der Waals surface area contributed by atoms with Crippen molar-refractivity contribution in [1.29, 1.82) is 0 Å². The molecule has 98 valence electrons. The van der Waals surface area contributed by atoms with E-state index in [1.54, 1.807) is 0 Å². The van der Waals surface area contributed by atoms with Gasteiger partial charge in [0.1, 0.15) is 5.82 Å². The van der Waals surface area contributed by atoms with Gasteiger partial charge in [-0.1, -0.05) is 0 Å². The van der Waals surface area contributed by atoms with Gasteiger partial charge in [0.25, 0.3) is 0 Å². The zero-order valence-corrected chi connectivity index (χ0v) is 10.1. The van der Waals surface area contributed by atoms with E-state index in [2.05, 4.69) is 10.6 Å². The van der Waals surface area contributed by atoms with Crippen molar-refractivity contribution in [3.63, 3.8) is 0 Å². The standard InChI is InChI=1S/C10H12FN3O3S/c11-8-5-7(18(12,16)17)3-4-9(8)14-10(15)13-6-1-2-6/h3-6H,1-2H2,(H2,12,16,17)(H2,13,14,15). The van der Waals surface area contributed by atoms with Gasteiger partial charge < -0.3 is 10.6 Å². The van der Waals surface area contributed by atoms with Crippen LogP contribution in [0.15, 0.2) is 23.1 Å². The van der Waals surface area contributed by atoms with Crippen molar-refractivity contribution in [1.82, 2.24) is 5.32 Å². The molecule has 6 nitrogen and oxygen atoms in total. The number of nitrogens with two attached hydrogens (primary N) is 1. The molecule has 1 aromatic rings. The minimum atomic E-state index is -3.95. The largest absolute Gasteiger partial charge is 0.335 e. The molecule has 0 spiro atoms. The summed E-state index contributed by atoms with van der Waals surface area (Å²) >= 11 is 0. The summed E-state index contributed by atoms with van der Waals surface area (Å²) in [6.07, 6.45) is 1.83. The number of hydrogen-bond acceptors (Lipinski definition) is 3. The minimum Gasteiger partial charge on any atom is -0.335 e. The molecule has 1 aliphatic carbocycles. The summed E-state index contributed by atoms with van der Waals surface area (Å²) in [5.74, 6) is -0.854. The van der Waals surface area contributed by atoms with Crippen LogP contribution in [-0.4, -0.2) is 20.5 Å². The Labute approximate surface area is 103 Å². The molecule has 0 saturated heterocycles. The summed E-state index contributed by atoms with van der Waals surface area (Å²) in [4.78, 5) is 11.0. The lowest BCUT2D eigenvalue weighted by Crippen LogP contribution is -2.30. The molecular formula is C10H12FN3O3S. The molecule has 0 radical (unpaired) electrons. The highest BCUT2D eigenvalue weighted by atomic mass is 32.2. The second-order valence-corrected chi connectivity index (χ2v) is 5.62. The van der Waals surface area contributed by atoms with Crippen LogP contribution in [0.1, 0.15) is 12.8 Å². The van der Waals surface area contributed by atoms with E-state index in [1.165, 1.54) is 0 Å². The molecule has 0 aromatic heterocycles. The number of amides is 2. The summed E-state index contributed by atoms with van der Waals surface area (Å²) in [5.41, 5.74) is -0.0967. The van der Waals surface area contributed by atoms with Crippen LogP contribution in [-0.2, 0) is 10.0 Å². The third-order valence-corrected chi connectivity index (χ3v) is 3.34. The molecule has 0 unspecified atom stereocenters. The summed E-state index contributed by atoms with van der Waals surface area (Å²) < 4.78 is 35.5. The van der Waals surface area contributed by atoms with E-state index < -0.39 is 21.9 Å². The van der Waals surface area contributed by atoms with Crippen LogP contribution in [0.3, 0.4) is 0 Å². The quantitative estimate of drug-likeness (QED) is 0.757. The number of hydrogen-bond donors (Lipinski definition) is 3. The number of sulfonamides is 1. The molecule has 1 aliphatic rings. The number of carbonyl (C=O) groups excluding carboxylic acids is 1. The van der Waals surface area contributed by atoms with Gasteiger partial charge in [-0.3, -0.25) is 0 Å². The zero-order valence-electron chi connectivity index (χ0n) is 9.31. The first-order chi connectivity index (χ1) is 8.36. The number of anilines is 1. The number of nitrogens with one attached hydrogen (secondary N) is 2. The lowest BCUT2D eigenvalue weighted by molar-refractivity contribution is 0.251. The van der Waals surface area contributed by atoms with Crippen molar-refractivity contribution in [2.75, 3.05) is 5.32 Å². The number of urea groups is 1. The first-order valence-electron chi connectivity index (χ1n) is 5.26. The van der Waals surface area contributed by atoms with Crippen molar-refractivity contribution < 1.29 is 17.6 Å². The highest BCUT2D eigenvalue weighted by molar-refractivity contribution is 7.89. The topological polar surface area (TPSA) is 101 Å². The maximum atomic E-state index is 13.5.